The molecule has 0 spiro atoms. The average Bonchev–Trinajstić information content (AvgIpc) is 2.33. The van der Waals surface area contributed by atoms with Crippen molar-refractivity contribution in [3.05, 3.63) is 0 Å². The minimum atomic E-state index is 0.771. The maximum Gasteiger partial charge on any atom is 0.00940 e. The molecule has 0 aliphatic carbocycles. The summed E-state index contributed by atoms with van der Waals surface area (Å²) in [5, 5.41) is 3.89. The molecule has 17 heavy (non-hydrogen) atoms. The maximum atomic E-state index is 3.89. The highest BCUT2D eigenvalue weighted by atomic mass is 15.1. The van der Waals surface area contributed by atoms with Crippen molar-refractivity contribution in [3.63, 3.8) is 0 Å². The predicted molar refractivity (Wildman–Crippen MR) is 76.5 cm³/mol. The summed E-state index contributed by atoms with van der Waals surface area (Å²) in [4.78, 5) is 2.62. The number of nitrogens with one attached hydrogen (secondary N) is 1. The first-order chi connectivity index (χ1) is 8.30. The second-order valence-corrected chi connectivity index (χ2v) is 5.56. The van der Waals surface area contributed by atoms with Crippen molar-refractivity contribution in [2.24, 2.45) is 0 Å². The third-order valence-corrected chi connectivity index (χ3v) is 3.87. The second-order valence-electron chi connectivity index (χ2n) is 5.56. The molecule has 0 amide bonds. The van der Waals surface area contributed by atoms with Crippen LogP contribution in [0.15, 0.2) is 0 Å². The lowest BCUT2D eigenvalue weighted by atomic mass is 10.0. The molecule has 102 valence electrons. The molecule has 1 N–H and O–H groups in total. The van der Waals surface area contributed by atoms with E-state index in [4.69, 9.17) is 0 Å². The Hall–Kier alpha value is -0.0800. The van der Waals surface area contributed by atoms with Crippen molar-refractivity contribution in [2.75, 3.05) is 19.6 Å². The van der Waals surface area contributed by atoms with Crippen LogP contribution in [0.1, 0.15) is 65.7 Å². The number of piperidine rings is 1. The molecule has 0 radical (unpaired) electrons. The molecular formula is C15H32N2. The van der Waals surface area contributed by atoms with E-state index in [1.807, 2.05) is 0 Å². The molecule has 0 aromatic carbocycles. The summed E-state index contributed by atoms with van der Waals surface area (Å²) in [5.74, 6) is 0. The Morgan fingerprint density at radius 1 is 1.00 bits per heavy atom. The lowest BCUT2D eigenvalue weighted by Crippen LogP contribution is -2.46. The van der Waals surface area contributed by atoms with E-state index in [1.165, 1.54) is 64.6 Å². The van der Waals surface area contributed by atoms with Gasteiger partial charge in [-0.1, -0.05) is 33.6 Å². The summed E-state index contributed by atoms with van der Waals surface area (Å²) >= 11 is 0. The average molecular weight is 240 g/mol. The first-order valence-electron chi connectivity index (χ1n) is 7.78. The normalized spacial score (nSPS) is 19.1. The van der Waals surface area contributed by atoms with Crippen LogP contribution < -0.4 is 5.32 Å². The minimum Gasteiger partial charge on any atom is -0.311 e. The Morgan fingerprint density at radius 3 is 2.06 bits per heavy atom. The van der Waals surface area contributed by atoms with Gasteiger partial charge in [-0.3, -0.25) is 0 Å². The van der Waals surface area contributed by atoms with Crippen molar-refractivity contribution in [1.29, 1.82) is 0 Å². The summed E-state index contributed by atoms with van der Waals surface area (Å²) in [5.41, 5.74) is 0. The van der Waals surface area contributed by atoms with Crippen molar-refractivity contribution in [3.8, 4) is 0 Å². The predicted octanol–water partition coefficient (Wildman–Crippen LogP) is 3.42. The Bertz CT molecular complexity index is 168. The molecular weight excluding hydrogens is 208 g/mol. The zero-order chi connectivity index (χ0) is 12.5. The van der Waals surface area contributed by atoms with Gasteiger partial charge < -0.3 is 10.2 Å². The van der Waals surface area contributed by atoms with Crippen molar-refractivity contribution in [1.82, 2.24) is 10.2 Å². The van der Waals surface area contributed by atoms with Gasteiger partial charge in [-0.05, 0) is 51.7 Å². The zero-order valence-corrected chi connectivity index (χ0v) is 12.2. The number of nitrogens with zero attached hydrogens (tertiary/aromatic N) is 1. The van der Waals surface area contributed by atoms with Crippen LogP contribution in [0.25, 0.3) is 0 Å². The second kappa shape index (κ2) is 8.93. The molecule has 1 aliphatic rings. The van der Waals surface area contributed by atoms with Gasteiger partial charge in [0, 0.05) is 12.1 Å². The highest BCUT2D eigenvalue weighted by molar-refractivity contribution is 4.80. The van der Waals surface area contributed by atoms with Crippen LogP contribution in [0.2, 0.25) is 0 Å². The maximum absolute atomic E-state index is 3.89. The fraction of sp³-hybridized carbons (Fsp3) is 1.00. The Balaban J connectivity index is 2.22. The third-order valence-electron chi connectivity index (χ3n) is 3.87. The Morgan fingerprint density at radius 2 is 1.59 bits per heavy atom. The van der Waals surface area contributed by atoms with E-state index >= 15 is 0 Å². The monoisotopic (exact) mass is 240 g/mol. The van der Waals surface area contributed by atoms with E-state index in [9.17, 15) is 0 Å². The van der Waals surface area contributed by atoms with Crippen LogP contribution in [-0.4, -0.2) is 36.6 Å². The lowest BCUT2D eigenvalue weighted by molar-refractivity contribution is 0.188. The molecule has 1 aliphatic heterocycles. The standard InChI is InChI=1S/C15H32N2/c1-4-7-14(8-5-2)16-15-9-12-17(11-6-3)13-10-15/h14-16H,4-13H2,1-3H3. The van der Waals surface area contributed by atoms with E-state index in [2.05, 4.69) is 31.0 Å². The van der Waals surface area contributed by atoms with E-state index in [0.717, 1.165) is 12.1 Å². The van der Waals surface area contributed by atoms with Crippen molar-refractivity contribution < 1.29 is 0 Å². The molecule has 0 unspecified atom stereocenters. The molecule has 0 saturated carbocycles. The minimum absolute atomic E-state index is 0.771. The molecule has 1 heterocycles. The summed E-state index contributed by atoms with van der Waals surface area (Å²) in [6.45, 7) is 10.8. The van der Waals surface area contributed by atoms with Gasteiger partial charge in [-0.2, -0.15) is 0 Å². The molecule has 2 heteroatoms. The molecule has 2 nitrogen and oxygen atoms in total. The first kappa shape index (κ1) is 15.0. The summed E-state index contributed by atoms with van der Waals surface area (Å²) < 4.78 is 0. The largest absolute Gasteiger partial charge is 0.311 e. The van der Waals surface area contributed by atoms with Gasteiger partial charge in [-0.15, -0.1) is 0 Å². The zero-order valence-electron chi connectivity index (χ0n) is 12.2. The first-order valence-corrected chi connectivity index (χ1v) is 7.78. The van der Waals surface area contributed by atoms with E-state index in [-0.39, 0.29) is 0 Å². The molecule has 1 fully saturated rings. The number of rotatable bonds is 8. The van der Waals surface area contributed by atoms with Gasteiger partial charge in [0.15, 0.2) is 0 Å². The number of likely N-dealkylation sites (tertiary alicyclic amines) is 1. The Labute approximate surface area is 108 Å². The van der Waals surface area contributed by atoms with Gasteiger partial charge in [0.05, 0.1) is 0 Å². The van der Waals surface area contributed by atoms with Crippen LogP contribution >= 0.6 is 0 Å². The van der Waals surface area contributed by atoms with Crippen molar-refractivity contribution in [2.45, 2.75) is 77.8 Å². The quantitative estimate of drug-likeness (QED) is 0.699. The van der Waals surface area contributed by atoms with E-state index < -0.39 is 0 Å². The molecule has 1 saturated heterocycles. The van der Waals surface area contributed by atoms with Gasteiger partial charge in [-0.25, -0.2) is 0 Å². The topological polar surface area (TPSA) is 15.3 Å². The van der Waals surface area contributed by atoms with Crippen LogP contribution in [-0.2, 0) is 0 Å². The fourth-order valence-corrected chi connectivity index (χ4v) is 2.98. The molecule has 0 bridgehead atoms. The van der Waals surface area contributed by atoms with Gasteiger partial charge in [0.1, 0.15) is 0 Å². The highest BCUT2D eigenvalue weighted by Crippen LogP contribution is 2.14. The van der Waals surface area contributed by atoms with Crippen LogP contribution in [0, 0.1) is 0 Å². The van der Waals surface area contributed by atoms with Gasteiger partial charge >= 0.3 is 0 Å². The Kier molecular flexibility index (Phi) is 7.87. The number of hydrogen-bond acceptors (Lipinski definition) is 2. The molecule has 0 aromatic rings. The molecule has 0 atom stereocenters. The lowest BCUT2D eigenvalue weighted by Gasteiger charge is -2.34. The van der Waals surface area contributed by atoms with Gasteiger partial charge in [0.2, 0.25) is 0 Å². The molecule has 0 aromatic heterocycles. The van der Waals surface area contributed by atoms with Crippen LogP contribution in [0.4, 0.5) is 0 Å². The summed E-state index contributed by atoms with van der Waals surface area (Å²) in [6, 6.07) is 1.55. The van der Waals surface area contributed by atoms with Gasteiger partial charge in [0.25, 0.3) is 0 Å². The number of hydrogen-bond donors (Lipinski definition) is 1. The van der Waals surface area contributed by atoms with Crippen molar-refractivity contribution >= 4 is 0 Å². The molecule has 1 rings (SSSR count). The highest BCUT2D eigenvalue weighted by Gasteiger charge is 2.20. The van der Waals surface area contributed by atoms with E-state index in [0.29, 0.717) is 0 Å². The summed E-state index contributed by atoms with van der Waals surface area (Å²) in [7, 11) is 0. The van der Waals surface area contributed by atoms with Crippen LogP contribution in [0.3, 0.4) is 0 Å². The van der Waals surface area contributed by atoms with Crippen LogP contribution in [0.5, 0.6) is 0 Å². The fourth-order valence-electron chi connectivity index (χ4n) is 2.98. The SMILES string of the molecule is CCCC(CCC)NC1CCN(CCC)CC1. The summed E-state index contributed by atoms with van der Waals surface area (Å²) in [6.07, 6.45) is 9.32. The van der Waals surface area contributed by atoms with E-state index in [1.54, 1.807) is 0 Å². The smallest absolute Gasteiger partial charge is 0.00940 e. The third kappa shape index (κ3) is 5.87.